The van der Waals surface area contributed by atoms with Gasteiger partial charge in [-0.15, -0.1) is 0 Å². The molecule has 0 saturated carbocycles. The number of carbonyl (C=O) groups is 2. The second-order valence-electron chi connectivity index (χ2n) is 0.621. The van der Waals surface area contributed by atoms with E-state index in [1.807, 2.05) is 0 Å². The predicted molar refractivity (Wildman–Crippen MR) is 24.3 cm³/mol. The van der Waals surface area contributed by atoms with Crippen LogP contribution in [0, 0.1) is 4.83 Å². The first kappa shape index (κ1) is 10.6. The van der Waals surface area contributed by atoms with Crippen molar-refractivity contribution < 1.29 is 39.1 Å². The topological polar surface area (TPSA) is 34.1 Å². The largest absolute Gasteiger partial charge is 1.00 e. The zero-order valence-electron chi connectivity index (χ0n) is 3.85. The molecule has 0 aliphatic carbocycles. The molecule has 34 valence electrons. The third-order valence-electron chi connectivity index (χ3n) is 0.225. The Morgan fingerprint density at radius 2 is 1.57 bits per heavy atom. The van der Waals surface area contributed by atoms with Gasteiger partial charge in [0.05, 0.1) is 0 Å². The van der Waals surface area contributed by atoms with E-state index in [0.29, 0.717) is 12.6 Å². The molecule has 0 N–H and O–H groups in total. The molecule has 0 amide bonds. The Morgan fingerprint density at radius 1 is 1.29 bits per heavy atom. The van der Waals surface area contributed by atoms with Crippen molar-refractivity contribution in [3.05, 3.63) is 4.83 Å². The maximum absolute atomic E-state index is 9.42. The number of halogens is 1. The zero-order valence-corrected chi connectivity index (χ0v) is 7.44. The Morgan fingerprint density at radius 3 is 1.57 bits per heavy atom. The summed E-state index contributed by atoms with van der Waals surface area (Å²) >= 11 is 2.66. The van der Waals surface area contributed by atoms with Crippen LogP contribution in [-0.4, -0.2) is 12.6 Å². The Labute approximate surface area is 72.1 Å². The molecule has 0 aromatic carbocycles. The Hall–Kier alpha value is 0.690. The number of rotatable bonds is 2. The SMILES string of the molecule is O=C[C-](Br)C=O.[Na+]. The number of aldehydes is 2. The molecule has 0 unspecified atom stereocenters. The molecule has 2 nitrogen and oxygen atoms in total. The van der Waals surface area contributed by atoms with E-state index in [1.165, 1.54) is 0 Å². The molecule has 0 saturated heterocycles. The van der Waals surface area contributed by atoms with E-state index in [4.69, 9.17) is 0 Å². The van der Waals surface area contributed by atoms with Crippen molar-refractivity contribution in [3.63, 3.8) is 0 Å². The maximum Gasteiger partial charge on any atom is 1.00 e. The summed E-state index contributed by atoms with van der Waals surface area (Å²) in [7, 11) is 0. The van der Waals surface area contributed by atoms with Crippen LogP contribution in [0.3, 0.4) is 0 Å². The van der Waals surface area contributed by atoms with Gasteiger partial charge in [-0.05, 0) is 0 Å². The molecule has 7 heavy (non-hydrogen) atoms. The zero-order chi connectivity index (χ0) is 4.99. The van der Waals surface area contributed by atoms with Crippen LogP contribution in [0.1, 0.15) is 0 Å². The van der Waals surface area contributed by atoms with E-state index in [1.54, 1.807) is 0 Å². The minimum Gasteiger partial charge on any atom is -0.337 e. The van der Waals surface area contributed by atoms with Crippen LogP contribution in [0.2, 0.25) is 0 Å². The summed E-state index contributed by atoms with van der Waals surface area (Å²) in [5.41, 5.74) is 0. The molecular weight excluding hydrogens is 171 g/mol. The molecular formula is C3H2BrNaO2. The van der Waals surface area contributed by atoms with Crippen molar-refractivity contribution in [1.29, 1.82) is 0 Å². The van der Waals surface area contributed by atoms with Gasteiger partial charge in [0, 0.05) is 12.6 Å². The van der Waals surface area contributed by atoms with Gasteiger partial charge in [0.1, 0.15) is 0 Å². The van der Waals surface area contributed by atoms with E-state index in [0.717, 1.165) is 0 Å². The average molecular weight is 173 g/mol. The van der Waals surface area contributed by atoms with Crippen LogP contribution >= 0.6 is 15.9 Å². The summed E-state index contributed by atoms with van der Waals surface area (Å²) in [5, 5.41) is 0. The Bertz CT molecular complexity index is 58.0. The molecule has 0 aromatic heterocycles. The van der Waals surface area contributed by atoms with Gasteiger partial charge in [-0.2, -0.15) is 4.83 Å². The summed E-state index contributed by atoms with van der Waals surface area (Å²) in [6.45, 7) is 0. The molecule has 0 aromatic rings. The first-order valence-electron chi connectivity index (χ1n) is 1.24. The third-order valence-corrected chi connectivity index (χ3v) is 0.599. The summed E-state index contributed by atoms with van der Waals surface area (Å²) in [4.78, 5) is 18.9. The van der Waals surface area contributed by atoms with Crippen molar-refractivity contribution in [3.8, 4) is 0 Å². The van der Waals surface area contributed by atoms with E-state index in [-0.39, 0.29) is 34.4 Å². The van der Waals surface area contributed by atoms with E-state index < -0.39 is 0 Å². The maximum atomic E-state index is 9.42. The minimum absolute atomic E-state index is 0. The van der Waals surface area contributed by atoms with Gasteiger partial charge in [-0.3, -0.25) is 15.9 Å². The summed E-state index contributed by atoms with van der Waals surface area (Å²) in [5.74, 6) is 0. The van der Waals surface area contributed by atoms with Crippen LogP contribution in [0.15, 0.2) is 0 Å². The van der Waals surface area contributed by atoms with Crippen LogP contribution in [-0.2, 0) is 9.59 Å². The van der Waals surface area contributed by atoms with Crippen molar-refractivity contribution in [2.75, 3.05) is 0 Å². The fourth-order valence-electron chi connectivity index (χ4n) is 0.0278. The third kappa shape index (κ3) is 6.69. The molecule has 0 fully saturated rings. The molecule has 0 atom stereocenters. The molecule has 0 aliphatic rings. The van der Waals surface area contributed by atoms with Gasteiger partial charge < -0.3 is 9.59 Å². The first-order valence-corrected chi connectivity index (χ1v) is 2.03. The average Bonchev–Trinajstić information content (AvgIpc) is 1.65. The second-order valence-corrected chi connectivity index (χ2v) is 1.54. The fourth-order valence-corrected chi connectivity index (χ4v) is 0.0278. The fraction of sp³-hybridized carbons (Fsp3) is 0. The van der Waals surface area contributed by atoms with Crippen molar-refractivity contribution in [1.82, 2.24) is 0 Å². The normalized spacial score (nSPS) is 5.86. The van der Waals surface area contributed by atoms with E-state index in [2.05, 4.69) is 15.9 Å². The monoisotopic (exact) mass is 172 g/mol. The van der Waals surface area contributed by atoms with E-state index in [9.17, 15) is 9.59 Å². The summed E-state index contributed by atoms with van der Waals surface area (Å²) < 4.78 is 0. The second kappa shape index (κ2) is 6.69. The molecule has 0 aliphatic heterocycles. The van der Waals surface area contributed by atoms with Crippen LogP contribution in [0.25, 0.3) is 0 Å². The van der Waals surface area contributed by atoms with Crippen LogP contribution in [0.4, 0.5) is 0 Å². The number of hydrogen-bond acceptors (Lipinski definition) is 2. The van der Waals surface area contributed by atoms with Gasteiger partial charge in [0.15, 0.2) is 0 Å². The standard InChI is InChI=1S/C3H2BrO2.Na/c4-3(1-5)2-6;/h1-2H;/q-1;+1. The summed E-state index contributed by atoms with van der Waals surface area (Å²) in [6, 6.07) is 0. The van der Waals surface area contributed by atoms with E-state index >= 15 is 0 Å². The molecule has 0 spiro atoms. The van der Waals surface area contributed by atoms with Gasteiger partial charge in [-0.25, -0.2) is 0 Å². The van der Waals surface area contributed by atoms with Gasteiger partial charge in [-0.1, -0.05) is 0 Å². The molecule has 0 heterocycles. The Balaban J connectivity index is 0. The van der Waals surface area contributed by atoms with Gasteiger partial charge in [0.2, 0.25) is 0 Å². The van der Waals surface area contributed by atoms with Crippen molar-refractivity contribution in [2.45, 2.75) is 0 Å². The molecule has 0 bridgehead atoms. The van der Waals surface area contributed by atoms with Crippen molar-refractivity contribution >= 4 is 28.5 Å². The smallest absolute Gasteiger partial charge is 0.337 e. The predicted octanol–water partition coefficient (Wildman–Crippen LogP) is -2.68. The number of carbonyl (C=O) groups excluding carboxylic acids is 2. The van der Waals surface area contributed by atoms with Crippen LogP contribution in [0.5, 0.6) is 0 Å². The number of hydrogen-bond donors (Lipinski definition) is 0. The minimum atomic E-state index is 0. The summed E-state index contributed by atoms with van der Waals surface area (Å²) in [6.07, 6.45) is 0.875. The first-order chi connectivity index (χ1) is 2.81. The Kier molecular flexibility index (Phi) is 10.2. The van der Waals surface area contributed by atoms with Crippen LogP contribution < -0.4 is 29.6 Å². The molecule has 4 heteroatoms. The molecule has 0 rings (SSSR count). The molecule has 0 radical (unpaired) electrons. The van der Waals surface area contributed by atoms with Crippen molar-refractivity contribution in [2.24, 2.45) is 0 Å². The quantitative estimate of drug-likeness (QED) is 0.197. The van der Waals surface area contributed by atoms with Gasteiger partial charge >= 0.3 is 29.6 Å². The van der Waals surface area contributed by atoms with Gasteiger partial charge in [0.25, 0.3) is 0 Å².